The van der Waals surface area contributed by atoms with E-state index in [1.165, 1.54) is 16.7 Å². The molecule has 3 rings (SSSR count). The van der Waals surface area contributed by atoms with Gasteiger partial charge in [-0.25, -0.2) is 4.79 Å². The van der Waals surface area contributed by atoms with Crippen molar-refractivity contribution in [1.82, 2.24) is 10.6 Å². The zero-order valence-corrected chi connectivity index (χ0v) is 14.2. The first-order chi connectivity index (χ1) is 11.4. The Labute approximate surface area is 142 Å². The van der Waals surface area contributed by atoms with Crippen molar-refractivity contribution in [2.24, 2.45) is 11.7 Å². The lowest BCUT2D eigenvalue weighted by molar-refractivity contribution is -0.128. The van der Waals surface area contributed by atoms with Gasteiger partial charge in [-0.05, 0) is 43.2 Å². The quantitative estimate of drug-likeness (QED) is 0.781. The number of fused-ring (bicyclic) bond motifs is 1. The van der Waals surface area contributed by atoms with Crippen LogP contribution in [0.3, 0.4) is 0 Å². The van der Waals surface area contributed by atoms with Crippen LogP contribution >= 0.6 is 0 Å². The lowest BCUT2D eigenvalue weighted by Crippen LogP contribution is -2.42. The molecule has 4 atom stereocenters. The number of rotatable bonds is 4. The molecule has 6 nitrogen and oxygen atoms in total. The third kappa shape index (κ3) is 3.53. The predicted octanol–water partition coefficient (Wildman–Crippen LogP) is 1.56. The number of aryl methyl sites for hydroxylation is 1. The molecule has 1 saturated heterocycles. The molecule has 0 aromatic heterocycles. The highest BCUT2D eigenvalue weighted by atomic mass is 16.5. The second-order valence-corrected chi connectivity index (χ2v) is 6.94. The average Bonchev–Trinajstić information content (AvgIpc) is 3.11. The molecule has 4 unspecified atom stereocenters. The van der Waals surface area contributed by atoms with Crippen LogP contribution in [0.1, 0.15) is 42.5 Å². The number of hydrogen-bond acceptors (Lipinski definition) is 3. The van der Waals surface area contributed by atoms with Gasteiger partial charge in [0.15, 0.2) is 0 Å². The molecule has 0 bridgehead atoms. The first kappa shape index (κ1) is 16.8. The van der Waals surface area contributed by atoms with Crippen molar-refractivity contribution in [2.45, 2.75) is 51.4 Å². The Hall–Kier alpha value is -2.08. The summed E-state index contributed by atoms with van der Waals surface area (Å²) in [7, 11) is 0. The van der Waals surface area contributed by atoms with Gasteiger partial charge < -0.3 is 21.1 Å². The molecule has 24 heavy (non-hydrogen) atoms. The zero-order chi connectivity index (χ0) is 17.3. The van der Waals surface area contributed by atoms with E-state index in [0.717, 1.165) is 12.8 Å². The number of urea groups is 1. The number of nitrogens with two attached hydrogens (primary N) is 1. The molecule has 1 heterocycles. The number of hydrogen-bond donors (Lipinski definition) is 3. The van der Waals surface area contributed by atoms with E-state index in [2.05, 4.69) is 42.7 Å². The van der Waals surface area contributed by atoms with Crippen molar-refractivity contribution in [3.05, 3.63) is 34.9 Å². The summed E-state index contributed by atoms with van der Waals surface area (Å²) in [5.74, 6) is -0.0665. The molecule has 1 aromatic rings. The Morgan fingerprint density at radius 2 is 2.12 bits per heavy atom. The second kappa shape index (κ2) is 6.81. The number of primary amides is 1. The monoisotopic (exact) mass is 331 g/mol. The third-order valence-corrected chi connectivity index (χ3v) is 4.95. The molecule has 0 radical (unpaired) electrons. The summed E-state index contributed by atoms with van der Waals surface area (Å²) < 4.78 is 5.52. The van der Waals surface area contributed by atoms with Crippen LogP contribution in [0.5, 0.6) is 0 Å². The van der Waals surface area contributed by atoms with Gasteiger partial charge in [0.1, 0.15) is 6.10 Å². The first-order valence-corrected chi connectivity index (χ1v) is 8.52. The van der Waals surface area contributed by atoms with Gasteiger partial charge in [0, 0.05) is 6.54 Å². The van der Waals surface area contributed by atoms with Gasteiger partial charge in [-0.2, -0.15) is 0 Å². The number of amides is 3. The van der Waals surface area contributed by atoms with Crippen LogP contribution in [0.2, 0.25) is 0 Å². The van der Waals surface area contributed by atoms with Gasteiger partial charge in [-0.15, -0.1) is 0 Å². The summed E-state index contributed by atoms with van der Waals surface area (Å²) in [6.45, 7) is 4.60. The molecule has 1 aromatic carbocycles. The number of benzene rings is 1. The fourth-order valence-electron chi connectivity index (χ4n) is 3.64. The Kier molecular flexibility index (Phi) is 4.76. The summed E-state index contributed by atoms with van der Waals surface area (Å²) >= 11 is 0. The van der Waals surface area contributed by atoms with Crippen LogP contribution in [0.15, 0.2) is 18.2 Å². The molecule has 6 heteroatoms. The standard InChI is InChI=1S/C18H25N3O3/c1-10-3-4-12-8-11(2)16(14(12)7-10)21-18(23)20-9-13-5-6-15(24-13)17(19)22/h3-4,7,11,13,15-16H,5-6,8-9H2,1-2H3,(H2,19,22)(H2,20,21,23). The van der Waals surface area contributed by atoms with Gasteiger partial charge in [-0.3, -0.25) is 4.79 Å². The molecule has 1 fully saturated rings. The normalized spacial score (nSPS) is 28.4. The maximum atomic E-state index is 12.2. The average molecular weight is 331 g/mol. The predicted molar refractivity (Wildman–Crippen MR) is 90.4 cm³/mol. The van der Waals surface area contributed by atoms with Gasteiger partial charge in [-0.1, -0.05) is 30.7 Å². The molecule has 3 amide bonds. The van der Waals surface area contributed by atoms with Crippen molar-refractivity contribution >= 4 is 11.9 Å². The summed E-state index contributed by atoms with van der Waals surface area (Å²) in [5.41, 5.74) is 8.95. The second-order valence-electron chi connectivity index (χ2n) is 6.94. The van der Waals surface area contributed by atoms with E-state index >= 15 is 0 Å². The minimum atomic E-state index is -0.524. The van der Waals surface area contributed by atoms with E-state index in [1.807, 2.05) is 0 Å². The number of ether oxygens (including phenoxy) is 1. The highest BCUT2D eigenvalue weighted by Crippen LogP contribution is 2.36. The molecule has 1 aliphatic carbocycles. The highest BCUT2D eigenvalue weighted by Gasteiger charge is 2.32. The Balaban J connectivity index is 1.53. The van der Waals surface area contributed by atoms with Crippen molar-refractivity contribution in [2.75, 3.05) is 6.54 Å². The van der Waals surface area contributed by atoms with Gasteiger partial charge in [0.05, 0.1) is 12.1 Å². The Bertz CT molecular complexity index is 646. The minimum Gasteiger partial charge on any atom is -0.367 e. The SMILES string of the molecule is Cc1ccc2c(c1)C(NC(=O)NCC1CCC(C(N)=O)O1)C(C)C2. The van der Waals surface area contributed by atoms with Crippen molar-refractivity contribution in [3.8, 4) is 0 Å². The molecular formula is C18H25N3O3. The molecule has 1 aliphatic heterocycles. The van der Waals surface area contributed by atoms with Crippen molar-refractivity contribution < 1.29 is 14.3 Å². The summed E-state index contributed by atoms with van der Waals surface area (Å²) in [6, 6.07) is 6.24. The maximum absolute atomic E-state index is 12.2. The molecular weight excluding hydrogens is 306 g/mol. The smallest absolute Gasteiger partial charge is 0.315 e. The summed E-state index contributed by atoms with van der Waals surface area (Å²) in [5, 5.41) is 5.92. The first-order valence-electron chi connectivity index (χ1n) is 8.52. The van der Waals surface area contributed by atoms with Crippen molar-refractivity contribution in [3.63, 3.8) is 0 Å². The fourth-order valence-corrected chi connectivity index (χ4v) is 3.64. The Morgan fingerprint density at radius 1 is 1.33 bits per heavy atom. The van der Waals surface area contributed by atoms with E-state index in [1.54, 1.807) is 0 Å². The number of carbonyl (C=O) groups excluding carboxylic acids is 2. The Morgan fingerprint density at radius 3 is 2.83 bits per heavy atom. The fraction of sp³-hybridized carbons (Fsp3) is 0.556. The molecule has 2 aliphatic rings. The van der Waals surface area contributed by atoms with Crippen LogP contribution in [-0.2, 0) is 16.0 Å². The zero-order valence-electron chi connectivity index (χ0n) is 14.2. The highest BCUT2D eigenvalue weighted by molar-refractivity contribution is 5.79. The van der Waals surface area contributed by atoms with E-state index in [9.17, 15) is 9.59 Å². The van der Waals surface area contributed by atoms with E-state index in [-0.39, 0.29) is 18.2 Å². The van der Waals surface area contributed by atoms with E-state index in [0.29, 0.717) is 18.9 Å². The largest absolute Gasteiger partial charge is 0.367 e. The van der Waals surface area contributed by atoms with Crippen LogP contribution in [0.4, 0.5) is 4.79 Å². The van der Waals surface area contributed by atoms with Crippen LogP contribution in [0.25, 0.3) is 0 Å². The topological polar surface area (TPSA) is 93.5 Å². The van der Waals surface area contributed by atoms with Gasteiger partial charge in [0.2, 0.25) is 5.91 Å². The maximum Gasteiger partial charge on any atom is 0.315 e. The number of carbonyl (C=O) groups is 2. The number of nitrogens with one attached hydrogen (secondary N) is 2. The van der Waals surface area contributed by atoms with E-state index < -0.39 is 12.0 Å². The van der Waals surface area contributed by atoms with Gasteiger partial charge >= 0.3 is 6.03 Å². The van der Waals surface area contributed by atoms with Crippen LogP contribution < -0.4 is 16.4 Å². The third-order valence-electron chi connectivity index (χ3n) is 4.95. The molecule has 0 saturated carbocycles. The lowest BCUT2D eigenvalue weighted by atomic mass is 10.0. The molecule has 4 N–H and O–H groups in total. The molecule has 0 spiro atoms. The summed E-state index contributed by atoms with van der Waals surface area (Å²) in [6.07, 6.45) is 1.66. The molecule has 130 valence electrons. The van der Waals surface area contributed by atoms with E-state index in [4.69, 9.17) is 10.5 Å². The minimum absolute atomic E-state index is 0.0303. The van der Waals surface area contributed by atoms with Crippen LogP contribution in [0, 0.1) is 12.8 Å². The lowest BCUT2D eigenvalue weighted by Gasteiger charge is -2.20. The summed E-state index contributed by atoms with van der Waals surface area (Å²) in [4.78, 5) is 23.3. The van der Waals surface area contributed by atoms with Gasteiger partial charge in [0.25, 0.3) is 0 Å². The van der Waals surface area contributed by atoms with Crippen LogP contribution in [-0.4, -0.2) is 30.7 Å². The van der Waals surface area contributed by atoms with Crippen molar-refractivity contribution in [1.29, 1.82) is 0 Å².